The molecule has 0 bridgehead atoms. The van der Waals surface area contributed by atoms with Gasteiger partial charge in [-0.3, -0.25) is 4.31 Å². The first-order valence-corrected chi connectivity index (χ1v) is 11.3. The van der Waals surface area contributed by atoms with Crippen LogP contribution in [0.15, 0.2) is 21.2 Å². The van der Waals surface area contributed by atoms with E-state index in [0.29, 0.717) is 0 Å². The van der Waals surface area contributed by atoms with E-state index in [2.05, 4.69) is 68.7 Å². The lowest BCUT2D eigenvalue weighted by atomic mass is 10.3. The summed E-state index contributed by atoms with van der Waals surface area (Å²) < 4.78 is 12.5. The Morgan fingerprint density at radius 2 is 2.00 bits per heavy atom. The standard InChI is InChI=1S/C17H27N5S3/c1-7-12(4)10-18-15-16(21-24-20-15)19-14-11-23-17(13(14)5)25(6)22(8-2)9-3/h7,11H,6,8-10H2,1-5H3,(H,18,20)(H,19,21)/b12-7+. The molecule has 5 nitrogen and oxygen atoms in total. The summed E-state index contributed by atoms with van der Waals surface area (Å²) in [5.41, 5.74) is 3.61. The lowest BCUT2D eigenvalue weighted by Gasteiger charge is -2.21. The number of thiophene rings is 1. The first-order chi connectivity index (χ1) is 12.0. The molecule has 25 heavy (non-hydrogen) atoms. The highest BCUT2D eigenvalue weighted by Gasteiger charge is 2.16. The summed E-state index contributed by atoms with van der Waals surface area (Å²) >= 11 is 2.98. The predicted octanol–water partition coefficient (Wildman–Crippen LogP) is 5.35. The maximum atomic E-state index is 4.40. The van der Waals surface area contributed by atoms with Gasteiger partial charge in [-0.2, -0.15) is 8.75 Å². The topological polar surface area (TPSA) is 53.1 Å². The zero-order valence-electron chi connectivity index (χ0n) is 15.5. The number of hydrogen-bond acceptors (Lipinski definition) is 7. The molecule has 2 rings (SSSR count). The van der Waals surface area contributed by atoms with Gasteiger partial charge in [0.2, 0.25) is 0 Å². The highest BCUT2D eigenvalue weighted by molar-refractivity contribution is 8.13. The van der Waals surface area contributed by atoms with Gasteiger partial charge in [0.15, 0.2) is 11.6 Å². The highest BCUT2D eigenvalue weighted by Crippen LogP contribution is 2.41. The smallest absolute Gasteiger partial charge is 0.188 e. The van der Waals surface area contributed by atoms with E-state index in [1.54, 1.807) is 11.3 Å². The molecule has 0 amide bonds. The van der Waals surface area contributed by atoms with Gasteiger partial charge in [-0.25, -0.2) is 0 Å². The van der Waals surface area contributed by atoms with Crippen molar-refractivity contribution in [3.8, 4) is 0 Å². The van der Waals surface area contributed by atoms with E-state index < -0.39 is 0 Å². The van der Waals surface area contributed by atoms with Gasteiger partial charge in [-0.15, -0.1) is 11.3 Å². The molecule has 0 aliphatic heterocycles. The summed E-state index contributed by atoms with van der Waals surface area (Å²) in [4.78, 5) is 0. The Morgan fingerprint density at radius 1 is 1.32 bits per heavy atom. The van der Waals surface area contributed by atoms with Crippen LogP contribution in [0.5, 0.6) is 0 Å². The molecule has 0 spiro atoms. The average Bonchev–Trinajstić information content (AvgIpc) is 3.21. The van der Waals surface area contributed by atoms with Crippen molar-refractivity contribution in [1.29, 1.82) is 0 Å². The second-order valence-corrected chi connectivity index (χ2v) is 8.94. The molecule has 0 aliphatic rings. The lowest BCUT2D eigenvalue weighted by Crippen LogP contribution is -2.15. The fourth-order valence-corrected chi connectivity index (χ4v) is 5.71. The predicted molar refractivity (Wildman–Crippen MR) is 116 cm³/mol. The van der Waals surface area contributed by atoms with E-state index in [1.165, 1.54) is 27.1 Å². The molecule has 0 saturated heterocycles. The minimum atomic E-state index is -0.121. The number of anilines is 3. The Balaban J connectivity index is 2.15. The molecule has 138 valence electrons. The molecule has 1 atom stereocenters. The van der Waals surface area contributed by atoms with Gasteiger partial charge in [0, 0.05) is 25.0 Å². The molecule has 2 N–H and O–H groups in total. The Hall–Kier alpha value is -1.22. The quantitative estimate of drug-likeness (QED) is 0.441. The second kappa shape index (κ2) is 9.47. The first-order valence-electron chi connectivity index (χ1n) is 8.34. The maximum Gasteiger partial charge on any atom is 0.188 e. The number of nitrogens with one attached hydrogen (secondary N) is 2. The van der Waals surface area contributed by atoms with Crippen LogP contribution >= 0.6 is 33.7 Å². The van der Waals surface area contributed by atoms with Crippen molar-refractivity contribution in [3.05, 3.63) is 22.6 Å². The average molecular weight is 398 g/mol. The maximum absolute atomic E-state index is 4.40. The third-order valence-electron chi connectivity index (χ3n) is 3.99. The van der Waals surface area contributed by atoms with E-state index in [0.717, 1.165) is 37.0 Å². The molecule has 8 heteroatoms. The van der Waals surface area contributed by atoms with Crippen LogP contribution in [0.3, 0.4) is 0 Å². The Labute approximate surface area is 161 Å². The molecule has 2 aromatic heterocycles. The normalized spacial score (nSPS) is 13.3. The monoisotopic (exact) mass is 397 g/mol. The van der Waals surface area contributed by atoms with Gasteiger partial charge in [0.05, 0.1) is 21.6 Å². The van der Waals surface area contributed by atoms with Crippen molar-refractivity contribution in [2.75, 3.05) is 30.3 Å². The molecule has 1 unspecified atom stereocenters. The Morgan fingerprint density at radius 3 is 2.64 bits per heavy atom. The SMILES string of the molecule is C=S(c1scc(Nc2nsnc2NC/C(C)=C/C)c1C)N(CC)CC. The Kier molecular flexibility index (Phi) is 7.61. The molecule has 2 heterocycles. The summed E-state index contributed by atoms with van der Waals surface area (Å²) in [5, 5.41) is 8.93. The third kappa shape index (κ3) is 4.91. The number of nitrogens with zero attached hydrogens (tertiary/aromatic N) is 3. The summed E-state index contributed by atoms with van der Waals surface area (Å²) in [6.45, 7) is 13.4. The zero-order valence-corrected chi connectivity index (χ0v) is 18.0. The van der Waals surface area contributed by atoms with Crippen molar-refractivity contribution in [1.82, 2.24) is 13.1 Å². The van der Waals surface area contributed by atoms with Gasteiger partial charge in [-0.1, -0.05) is 42.0 Å². The summed E-state index contributed by atoms with van der Waals surface area (Å²) in [5.74, 6) is 5.98. The van der Waals surface area contributed by atoms with Crippen molar-refractivity contribution in [3.63, 3.8) is 0 Å². The number of rotatable bonds is 9. The molecular formula is C17H27N5S3. The molecule has 0 radical (unpaired) electrons. The number of allylic oxidation sites excluding steroid dienone is 1. The zero-order chi connectivity index (χ0) is 18.4. The van der Waals surface area contributed by atoms with Gasteiger partial charge in [0.1, 0.15) is 0 Å². The van der Waals surface area contributed by atoms with Gasteiger partial charge >= 0.3 is 0 Å². The molecular weight excluding hydrogens is 370 g/mol. The number of aromatic nitrogens is 2. The first kappa shape index (κ1) is 20.1. The van der Waals surface area contributed by atoms with Gasteiger partial charge < -0.3 is 10.6 Å². The van der Waals surface area contributed by atoms with E-state index >= 15 is 0 Å². The van der Waals surface area contributed by atoms with Crippen molar-refractivity contribution in [2.45, 2.75) is 38.8 Å². The third-order valence-corrected chi connectivity index (χ3v) is 8.14. The van der Waals surface area contributed by atoms with Crippen LogP contribution < -0.4 is 10.6 Å². The van der Waals surface area contributed by atoms with Crippen LogP contribution in [0.4, 0.5) is 17.3 Å². The van der Waals surface area contributed by atoms with Crippen molar-refractivity contribution < 1.29 is 0 Å². The van der Waals surface area contributed by atoms with Crippen LogP contribution in [0.2, 0.25) is 0 Å². The molecule has 0 aliphatic carbocycles. The fraction of sp³-hybridized carbons (Fsp3) is 0.471. The Bertz CT molecular complexity index is 743. The minimum absolute atomic E-state index is 0.121. The molecule has 0 fully saturated rings. The van der Waals surface area contributed by atoms with Crippen LogP contribution in [0.25, 0.3) is 0 Å². The van der Waals surface area contributed by atoms with E-state index in [4.69, 9.17) is 0 Å². The second-order valence-electron chi connectivity index (χ2n) is 5.62. The molecule has 0 saturated carbocycles. The van der Waals surface area contributed by atoms with Crippen LogP contribution in [-0.4, -0.2) is 38.6 Å². The molecule has 0 aromatic carbocycles. The summed E-state index contributed by atoms with van der Waals surface area (Å²) in [6, 6.07) is 0. The molecule has 2 aromatic rings. The highest BCUT2D eigenvalue weighted by atomic mass is 32.2. The van der Waals surface area contributed by atoms with Crippen molar-refractivity contribution in [2.24, 2.45) is 0 Å². The minimum Gasteiger partial charge on any atom is -0.362 e. The lowest BCUT2D eigenvalue weighted by molar-refractivity contribution is 0.524. The van der Waals surface area contributed by atoms with Crippen LogP contribution in [-0.2, 0) is 0 Å². The van der Waals surface area contributed by atoms with E-state index in [1.807, 2.05) is 6.92 Å². The largest absolute Gasteiger partial charge is 0.362 e. The van der Waals surface area contributed by atoms with E-state index in [9.17, 15) is 0 Å². The summed E-state index contributed by atoms with van der Waals surface area (Å²) in [7, 11) is -0.121. The van der Waals surface area contributed by atoms with Crippen LogP contribution in [0.1, 0.15) is 33.3 Å². The van der Waals surface area contributed by atoms with Gasteiger partial charge in [0.25, 0.3) is 0 Å². The van der Waals surface area contributed by atoms with Crippen LogP contribution in [0, 0.1) is 6.92 Å². The number of hydrogen-bond donors (Lipinski definition) is 2. The fourth-order valence-electron chi connectivity index (χ4n) is 2.25. The van der Waals surface area contributed by atoms with E-state index in [-0.39, 0.29) is 10.7 Å². The van der Waals surface area contributed by atoms with Crippen molar-refractivity contribution >= 4 is 56.9 Å². The summed E-state index contributed by atoms with van der Waals surface area (Å²) in [6.07, 6.45) is 2.09. The van der Waals surface area contributed by atoms with Gasteiger partial charge in [-0.05, 0) is 26.3 Å².